The third kappa shape index (κ3) is 3.85. The Hall–Kier alpha value is -3.13. The van der Waals surface area contributed by atoms with Gasteiger partial charge < -0.3 is 14.8 Å². The average Bonchev–Trinajstić information content (AvgIpc) is 3.11. The van der Waals surface area contributed by atoms with E-state index >= 15 is 0 Å². The van der Waals surface area contributed by atoms with Crippen molar-refractivity contribution in [2.24, 2.45) is 0 Å². The van der Waals surface area contributed by atoms with Crippen LogP contribution < -0.4 is 20.3 Å². The van der Waals surface area contributed by atoms with Gasteiger partial charge in [-0.25, -0.2) is 4.68 Å². The molecule has 2 aromatic carbocycles. The van der Waals surface area contributed by atoms with Crippen molar-refractivity contribution in [1.82, 2.24) is 9.78 Å². The van der Waals surface area contributed by atoms with Crippen LogP contribution in [-0.2, 0) is 11.3 Å². The van der Waals surface area contributed by atoms with Crippen molar-refractivity contribution in [2.75, 3.05) is 12.1 Å². The summed E-state index contributed by atoms with van der Waals surface area (Å²) in [5.41, 5.74) is 1.60. The van der Waals surface area contributed by atoms with E-state index in [0.717, 1.165) is 14.7 Å². The van der Waals surface area contributed by atoms with Crippen LogP contribution in [0, 0.1) is 0 Å². The summed E-state index contributed by atoms with van der Waals surface area (Å²) in [6, 6.07) is 15.6. The number of ether oxygens (including phenoxy) is 2. The second-order valence-electron chi connectivity index (χ2n) is 5.84. The van der Waals surface area contributed by atoms with Crippen LogP contribution in [0.4, 0.5) is 5.69 Å². The Morgan fingerprint density at radius 1 is 1.11 bits per heavy atom. The number of rotatable bonds is 4. The molecule has 1 aliphatic rings. The summed E-state index contributed by atoms with van der Waals surface area (Å²) in [6.07, 6.45) is 0. The van der Waals surface area contributed by atoms with Crippen molar-refractivity contribution in [1.29, 1.82) is 0 Å². The molecule has 0 saturated heterocycles. The predicted octanol–water partition coefficient (Wildman–Crippen LogP) is 3.04. The molecule has 1 N–H and O–H groups in total. The zero-order valence-electron chi connectivity index (χ0n) is 14.0. The monoisotopic (exact) mass is 427 g/mol. The molecular formula is C19H14BrN3O4. The molecule has 2 heterocycles. The van der Waals surface area contributed by atoms with Crippen LogP contribution in [0.5, 0.6) is 11.5 Å². The van der Waals surface area contributed by atoms with Gasteiger partial charge in [-0.2, -0.15) is 5.10 Å². The Morgan fingerprint density at radius 2 is 1.96 bits per heavy atom. The molecular weight excluding hydrogens is 414 g/mol. The van der Waals surface area contributed by atoms with Crippen molar-refractivity contribution >= 4 is 27.5 Å². The number of amides is 1. The van der Waals surface area contributed by atoms with Crippen molar-refractivity contribution in [2.45, 2.75) is 6.54 Å². The average molecular weight is 428 g/mol. The van der Waals surface area contributed by atoms with Gasteiger partial charge >= 0.3 is 0 Å². The fourth-order valence-corrected chi connectivity index (χ4v) is 3.07. The van der Waals surface area contributed by atoms with Gasteiger partial charge in [0, 0.05) is 21.8 Å². The molecule has 0 spiro atoms. The number of benzene rings is 2. The number of hydrogen-bond acceptors (Lipinski definition) is 5. The SMILES string of the molecule is O=C(Cn1nc(-c2ccc3c(c2)OCO3)ccc1=O)Nc1cccc(Br)c1. The van der Waals surface area contributed by atoms with E-state index in [2.05, 4.69) is 26.3 Å². The number of nitrogens with one attached hydrogen (secondary N) is 1. The van der Waals surface area contributed by atoms with Gasteiger partial charge in [-0.15, -0.1) is 0 Å². The first-order valence-electron chi connectivity index (χ1n) is 8.12. The molecule has 0 bridgehead atoms. The van der Waals surface area contributed by atoms with Crippen LogP contribution in [0.3, 0.4) is 0 Å². The number of fused-ring (bicyclic) bond motifs is 1. The summed E-state index contributed by atoms with van der Waals surface area (Å²) in [6.45, 7) is -0.00871. The maximum atomic E-state index is 12.3. The van der Waals surface area contributed by atoms with Gasteiger partial charge in [0.15, 0.2) is 11.5 Å². The summed E-state index contributed by atoms with van der Waals surface area (Å²) < 4.78 is 12.6. The number of aromatic nitrogens is 2. The Bertz CT molecular complexity index is 1080. The van der Waals surface area contributed by atoms with Crippen molar-refractivity contribution in [3.63, 3.8) is 0 Å². The van der Waals surface area contributed by atoms with Gasteiger partial charge in [0.2, 0.25) is 12.7 Å². The van der Waals surface area contributed by atoms with E-state index in [1.54, 1.807) is 30.3 Å². The molecule has 0 unspecified atom stereocenters. The van der Waals surface area contributed by atoms with E-state index in [-0.39, 0.29) is 24.8 Å². The highest BCUT2D eigenvalue weighted by Crippen LogP contribution is 2.35. The van der Waals surface area contributed by atoms with E-state index in [0.29, 0.717) is 22.9 Å². The van der Waals surface area contributed by atoms with E-state index in [4.69, 9.17) is 9.47 Å². The molecule has 0 saturated carbocycles. The second kappa shape index (κ2) is 7.24. The topological polar surface area (TPSA) is 82.5 Å². The lowest BCUT2D eigenvalue weighted by Crippen LogP contribution is -2.29. The lowest BCUT2D eigenvalue weighted by molar-refractivity contribution is -0.117. The zero-order valence-corrected chi connectivity index (χ0v) is 15.6. The Morgan fingerprint density at radius 3 is 2.81 bits per heavy atom. The van der Waals surface area contributed by atoms with Gasteiger partial charge in [-0.05, 0) is 42.5 Å². The smallest absolute Gasteiger partial charge is 0.267 e. The molecule has 0 aliphatic carbocycles. The number of carbonyl (C=O) groups is 1. The van der Waals surface area contributed by atoms with Gasteiger partial charge in [0.25, 0.3) is 5.56 Å². The molecule has 0 atom stereocenters. The highest BCUT2D eigenvalue weighted by Gasteiger charge is 2.15. The van der Waals surface area contributed by atoms with Crippen LogP contribution in [0.25, 0.3) is 11.3 Å². The highest BCUT2D eigenvalue weighted by molar-refractivity contribution is 9.10. The number of halogens is 1. The van der Waals surface area contributed by atoms with Crippen LogP contribution in [0.2, 0.25) is 0 Å². The first kappa shape index (κ1) is 17.3. The fraction of sp³-hybridized carbons (Fsp3) is 0.105. The largest absolute Gasteiger partial charge is 0.454 e. The molecule has 136 valence electrons. The first-order valence-corrected chi connectivity index (χ1v) is 8.91. The molecule has 1 amide bonds. The molecule has 1 aliphatic heterocycles. The summed E-state index contributed by atoms with van der Waals surface area (Å²) in [4.78, 5) is 24.4. The minimum Gasteiger partial charge on any atom is -0.454 e. The molecule has 7 nitrogen and oxygen atoms in total. The number of hydrogen-bond donors (Lipinski definition) is 1. The molecule has 27 heavy (non-hydrogen) atoms. The minimum atomic E-state index is -0.358. The lowest BCUT2D eigenvalue weighted by atomic mass is 10.1. The van der Waals surface area contributed by atoms with Crippen molar-refractivity contribution < 1.29 is 14.3 Å². The van der Waals surface area contributed by atoms with E-state index < -0.39 is 0 Å². The molecule has 8 heteroatoms. The van der Waals surface area contributed by atoms with Crippen LogP contribution >= 0.6 is 15.9 Å². The van der Waals surface area contributed by atoms with Crippen LogP contribution in [-0.4, -0.2) is 22.5 Å². The molecule has 1 aromatic heterocycles. The Kier molecular flexibility index (Phi) is 4.64. The maximum absolute atomic E-state index is 12.3. The van der Waals surface area contributed by atoms with E-state index in [1.165, 1.54) is 6.07 Å². The van der Waals surface area contributed by atoms with Crippen molar-refractivity contribution in [3.8, 4) is 22.8 Å². The van der Waals surface area contributed by atoms with Gasteiger partial charge in [-0.1, -0.05) is 22.0 Å². The Balaban J connectivity index is 1.55. The molecule has 0 fully saturated rings. The van der Waals surface area contributed by atoms with Gasteiger partial charge in [-0.3, -0.25) is 9.59 Å². The predicted molar refractivity (Wildman–Crippen MR) is 103 cm³/mol. The maximum Gasteiger partial charge on any atom is 0.267 e. The third-order valence-corrected chi connectivity index (χ3v) is 4.43. The number of carbonyl (C=O) groups excluding carboxylic acids is 1. The zero-order chi connectivity index (χ0) is 18.8. The summed E-state index contributed by atoms with van der Waals surface area (Å²) in [5, 5.41) is 7.05. The summed E-state index contributed by atoms with van der Waals surface area (Å²) in [7, 11) is 0. The lowest BCUT2D eigenvalue weighted by Gasteiger charge is -2.09. The quantitative estimate of drug-likeness (QED) is 0.691. The second-order valence-corrected chi connectivity index (χ2v) is 6.76. The van der Waals surface area contributed by atoms with Crippen molar-refractivity contribution in [3.05, 3.63) is 69.4 Å². The van der Waals surface area contributed by atoms with Gasteiger partial charge in [0.1, 0.15) is 6.54 Å². The standard InChI is InChI=1S/C19H14BrN3O4/c20-13-2-1-3-14(9-13)21-18(24)10-23-19(25)7-5-15(22-23)12-4-6-16-17(8-12)27-11-26-16/h1-9H,10-11H2,(H,21,24). The van der Waals surface area contributed by atoms with Crippen LogP contribution in [0.15, 0.2) is 63.9 Å². The van der Waals surface area contributed by atoms with E-state index in [1.807, 2.05) is 18.2 Å². The first-order chi connectivity index (χ1) is 13.1. The molecule has 3 aromatic rings. The number of nitrogens with zero attached hydrogens (tertiary/aromatic N) is 2. The summed E-state index contributed by atoms with van der Waals surface area (Å²) >= 11 is 3.35. The van der Waals surface area contributed by atoms with Gasteiger partial charge in [0.05, 0.1) is 5.69 Å². The Labute approximate surface area is 162 Å². The third-order valence-electron chi connectivity index (χ3n) is 3.94. The minimum absolute atomic E-state index is 0.182. The fourth-order valence-electron chi connectivity index (χ4n) is 2.67. The number of anilines is 1. The normalized spacial score (nSPS) is 12.0. The summed E-state index contributed by atoms with van der Waals surface area (Å²) in [5.74, 6) is 0.949. The molecule has 4 rings (SSSR count). The van der Waals surface area contributed by atoms with Crippen LogP contribution in [0.1, 0.15) is 0 Å². The highest BCUT2D eigenvalue weighted by atomic mass is 79.9. The molecule has 0 radical (unpaired) electrons. The van der Waals surface area contributed by atoms with E-state index in [9.17, 15) is 9.59 Å².